The third-order valence-corrected chi connectivity index (χ3v) is 1.95. The zero-order valence-electron chi connectivity index (χ0n) is 9.84. The highest BCUT2D eigenvalue weighted by Gasteiger charge is 2.05. The lowest BCUT2D eigenvalue weighted by atomic mass is 10.2. The van der Waals surface area contributed by atoms with Crippen molar-refractivity contribution in [3.05, 3.63) is 23.9 Å². The second-order valence-corrected chi connectivity index (χ2v) is 3.36. The van der Waals surface area contributed by atoms with Gasteiger partial charge in [-0.2, -0.15) is 0 Å². The van der Waals surface area contributed by atoms with E-state index in [1.165, 1.54) is 0 Å². The number of amides is 1. The Kier molecular flexibility index (Phi) is 9.74. The molecule has 1 aromatic heterocycles. The maximum Gasteiger partial charge on any atom is 0.234 e. The fraction of sp³-hybridized carbons (Fsp3) is 0.400. The van der Waals surface area contributed by atoms with Crippen LogP contribution in [0, 0.1) is 0 Å². The molecule has 7 heteroatoms. The highest BCUT2D eigenvalue weighted by molar-refractivity contribution is 5.85. The summed E-state index contributed by atoms with van der Waals surface area (Å²) >= 11 is 0. The third-order valence-electron chi connectivity index (χ3n) is 1.95. The number of pyridine rings is 1. The van der Waals surface area contributed by atoms with Crippen molar-refractivity contribution in [2.24, 2.45) is 5.73 Å². The van der Waals surface area contributed by atoms with Gasteiger partial charge in [0.2, 0.25) is 5.91 Å². The summed E-state index contributed by atoms with van der Waals surface area (Å²) in [4.78, 5) is 17.1. The summed E-state index contributed by atoms with van der Waals surface area (Å²) in [7, 11) is 3.83. The number of hydrogen-bond acceptors (Lipinski definition) is 4. The van der Waals surface area contributed by atoms with Crippen molar-refractivity contribution in [1.29, 1.82) is 0 Å². The minimum absolute atomic E-state index is 0. The number of aromatic nitrogens is 1. The fourth-order valence-electron chi connectivity index (χ4n) is 1.24. The minimum Gasteiger partial charge on any atom is -0.362 e. The number of carbonyl (C=O) groups is 1. The van der Waals surface area contributed by atoms with E-state index in [4.69, 9.17) is 5.73 Å². The van der Waals surface area contributed by atoms with Gasteiger partial charge in [0.05, 0.1) is 6.54 Å². The number of hydrogen-bond donors (Lipinski definition) is 2. The van der Waals surface area contributed by atoms with Crippen LogP contribution in [0.15, 0.2) is 18.3 Å². The van der Waals surface area contributed by atoms with Crippen molar-refractivity contribution in [3.8, 4) is 0 Å². The van der Waals surface area contributed by atoms with Crippen LogP contribution in [-0.4, -0.2) is 31.5 Å². The molecule has 0 saturated carbocycles. The third kappa shape index (κ3) is 5.72. The monoisotopic (exact) mass is 280 g/mol. The molecule has 5 nitrogen and oxygen atoms in total. The molecule has 0 saturated heterocycles. The first-order valence-corrected chi connectivity index (χ1v) is 4.73. The predicted octanol–water partition coefficient (Wildman–Crippen LogP) is 0.566. The summed E-state index contributed by atoms with van der Waals surface area (Å²) in [6.07, 6.45) is 1.73. The molecule has 3 N–H and O–H groups in total. The summed E-state index contributed by atoms with van der Waals surface area (Å²) in [5, 5.41) is 2.71. The Morgan fingerprint density at radius 3 is 2.65 bits per heavy atom. The van der Waals surface area contributed by atoms with Crippen molar-refractivity contribution in [3.63, 3.8) is 0 Å². The van der Waals surface area contributed by atoms with Crippen molar-refractivity contribution in [2.45, 2.75) is 6.54 Å². The molecule has 1 amide bonds. The van der Waals surface area contributed by atoms with Gasteiger partial charge in [-0.05, 0) is 6.07 Å². The molecule has 1 rings (SSSR count). The predicted molar refractivity (Wildman–Crippen MR) is 74.0 cm³/mol. The number of anilines is 1. The van der Waals surface area contributed by atoms with Gasteiger partial charge in [0.1, 0.15) is 5.82 Å². The Morgan fingerprint density at radius 1 is 1.47 bits per heavy atom. The van der Waals surface area contributed by atoms with Gasteiger partial charge in [-0.1, -0.05) is 6.07 Å². The zero-order valence-corrected chi connectivity index (χ0v) is 11.5. The molecule has 1 aromatic rings. The number of halogens is 2. The molecule has 0 aliphatic carbocycles. The Morgan fingerprint density at radius 2 is 2.12 bits per heavy atom. The van der Waals surface area contributed by atoms with Gasteiger partial charge in [-0.3, -0.25) is 4.79 Å². The zero-order chi connectivity index (χ0) is 11.3. The lowest BCUT2D eigenvalue weighted by molar-refractivity contribution is -0.119. The van der Waals surface area contributed by atoms with Crippen LogP contribution in [-0.2, 0) is 11.3 Å². The Labute approximate surface area is 114 Å². The van der Waals surface area contributed by atoms with E-state index < -0.39 is 0 Å². The van der Waals surface area contributed by atoms with Gasteiger partial charge in [0, 0.05) is 32.4 Å². The van der Waals surface area contributed by atoms with Crippen LogP contribution in [0.25, 0.3) is 0 Å². The first kappa shape index (κ1) is 18.3. The molecule has 1 heterocycles. The molecule has 98 valence electrons. The fourth-order valence-corrected chi connectivity index (χ4v) is 1.24. The molecule has 0 fully saturated rings. The first-order valence-electron chi connectivity index (χ1n) is 4.73. The van der Waals surface area contributed by atoms with E-state index in [-0.39, 0.29) is 37.3 Å². The Balaban J connectivity index is 0. The first-order chi connectivity index (χ1) is 7.15. The van der Waals surface area contributed by atoms with Crippen molar-refractivity contribution in [2.75, 3.05) is 25.5 Å². The van der Waals surface area contributed by atoms with Crippen LogP contribution in [0.5, 0.6) is 0 Å². The van der Waals surface area contributed by atoms with E-state index in [1.54, 1.807) is 6.20 Å². The lowest BCUT2D eigenvalue weighted by Crippen LogP contribution is -2.30. The van der Waals surface area contributed by atoms with Crippen molar-refractivity contribution >= 4 is 36.5 Å². The van der Waals surface area contributed by atoms with E-state index in [9.17, 15) is 4.79 Å². The molecule has 0 aliphatic rings. The average molecular weight is 281 g/mol. The number of rotatable bonds is 4. The van der Waals surface area contributed by atoms with Gasteiger partial charge in [0.25, 0.3) is 0 Å². The Hall–Kier alpha value is -1.04. The number of nitrogens with zero attached hydrogens (tertiary/aromatic N) is 2. The van der Waals surface area contributed by atoms with Gasteiger partial charge >= 0.3 is 0 Å². The number of carbonyl (C=O) groups excluding carboxylic acids is 1. The minimum atomic E-state index is -0.163. The SMILES string of the molecule is CN(C)c1ncccc1CNC(=O)CN.Cl.Cl. The quantitative estimate of drug-likeness (QED) is 0.846. The topological polar surface area (TPSA) is 71.2 Å². The maximum absolute atomic E-state index is 11.0. The van der Waals surface area contributed by atoms with E-state index in [1.807, 2.05) is 31.1 Å². The molecule has 0 spiro atoms. The molecule has 0 aromatic carbocycles. The summed E-state index contributed by atoms with van der Waals surface area (Å²) in [6.45, 7) is 0.467. The van der Waals surface area contributed by atoms with Crippen LogP contribution >= 0.6 is 24.8 Å². The van der Waals surface area contributed by atoms with Crippen LogP contribution in [0.4, 0.5) is 5.82 Å². The maximum atomic E-state index is 11.0. The number of nitrogens with two attached hydrogens (primary N) is 1. The van der Waals surface area contributed by atoms with E-state index in [2.05, 4.69) is 10.3 Å². The molecule has 0 bridgehead atoms. The van der Waals surface area contributed by atoms with E-state index in [0.29, 0.717) is 6.54 Å². The summed E-state index contributed by atoms with van der Waals surface area (Å²) < 4.78 is 0. The average Bonchev–Trinajstić information content (AvgIpc) is 2.26. The molecule has 0 radical (unpaired) electrons. The van der Waals surface area contributed by atoms with Crippen LogP contribution in [0.1, 0.15) is 5.56 Å². The standard InChI is InChI=1S/C10H16N4O.2ClH/c1-14(2)10-8(4-3-5-12-10)7-13-9(15)6-11;;/h3-5H,6-7,11H2,1-2H3,(H,13,15);2*1H. The Bertz CT molecular complexity index is 347. The molecular weight excluding hydrogens is 263 g/mol. The molecule has 0 aliphatic heterocycles. The van der Waals surface area contributed by atoms with Gasteiger partial charge in [0.15, 0.2) is 0 Å². The smallest absolute Gasteiger partial charge is 0.234 e. The largest absolute Gasteiger partial charge is 0.362 e. The summed E-state index contributed by atoms with van der Waals surface area (Å²) in [5.74, 6) is 0.693. The van der Waals surface area contributed by atoms with E-state index in [0.717, 1.165) is 11.4 Å². The van der Waals surface area contributed by atoms with Crippen LogP contribution in [0.2, 0.25) is 0 Å². The van der Waals surface area contributed by atoms with Gasteiger partial charge in [-0.15, -0.1) is 24.8 Å². The van der Waals surface area contributed by atoms with Crippen LogP contribution in [0.3, 0.4) is 0 Å². The second kappa shape index (κ2) is 9.04. The van der Waals surface area contributed by atoms with Gasteiger partial charge < -0.3 is 16.0 Å². The van der Waals surface area contributed by atoms with Crippen molar-refractivity contribution < 1.29 is 4.79 Å². The summed E-state index contributed by atoms with van der Waals surface area (Å²) in [6, 6.07) is 3.77. The molecular formula is C10H18Cl2N4O. The van der Waals surface area contributed by atoms with E-state index >= 15 is 0 Å². The van der Waals surface area contributed by atoms with Crippen molar-refractivity contribution in [1.82, 2.24) is 10.3 Å². The van der Waals surface area contributed by atoms with Gasteiger partial charge in [-0.25, -0.2) is 4.98 Å². The second-order valence-electron chi connectivity index (χ2n) is 3.36. The molecule has 0 atom stereocenters. The summed E-state index contributed by atoms with van der Waals surface area (Å²) in [5.41, 5.74) is 6.17. The highest BCUT2D eigenvalue weighted by atomic mass is 35.5. The highest BCUT2D eigenvalue weighted by Crippen LogP contribution is 2.13. The lowest BCUT2D eigenvalue weighted by Gasteiger charge is -2.15. The molecule has 17 heavy (non-hydrogen) atoms. The molecule has 0 unspecified atom stereocenters. The normalized spacial score (nSPS) is 8.65. The number of nitrogens with one attached hydrogen (secondary N) is 1. The van der Waals surface area contributed by atoms with Crippen LogP contribution < -0.4 is 16.0 Å².